The smallest absolute Gasteiger partial charge is 0.194 e. The van der Waals surface area contributed by atoms with E-state index in [2.05, 4.69) is 31.2 Å². The maximum atomic E-state index is 4.75. The van der Waals surface area contributed by atoms with Crippen LogP contribution in [0.3, 0.4) is 0 Å². The first-order valence-corrected chi connectivity index (χ1v) is 5.07. The lowest BCUT2D eigenvalue weighted by Crippen LogP contribution is -1.88. The molecule has 0 atom stereocenters. The number of halogens is 1. The van der Waals surface area contributed by atoms with E-state index in [9.17, 15) is 0 Å². The Balaban J connectivity index is 2.39. The largest absolute Gasteiger partial charge is 0.242 e. The summed E-state index contributed by atoms with van der Waals surface area (Å²) in [5, 5.41) is 7.77. The fraction of sp³-hybridized carbons (Fsp3) is 0. The monoisotopic (exact) mass is 259 g/mol. The molecule has 2 heterocycles. The fourth-order valence-electron chi connectivity index (χ4n) is 0.764. The molecule has 60 valence electrons. The first kappa shape index (κ1) is 8.15. The maximum absolute atomic E-state index is 4.75. The van der Waals surface area contributed by atoms with Crippen LogP contribution in [-0.4, -0.2) is 10.9 Å². The van der Waals surface area contributed by atoms with E-state index in [-0.39, 0.29) is 0 Å². The van der Waals surface area contributed by atoms with Gasteiger partial charge >= 0.3 is 0 Å². The van der Waals surface area contributed by atoms with Crippen LogP contribution in [0.4, 0.5) is 0 Å². The molecule has 0 fully saturated rings. The van der Waals surface area contributed by atoms with Crippen molar-refractivity contribution in [2.45, 2.75) is 0 Å². The molecule has 0 amide bonds. The number of thiophene rings is 1. The lowest BCUT2D eigenvalue weighted by molar-refractivity contribution is 1.41. The first-order chi connectivity index (χ1) is 5.75. The van der Waals surface area contributed by atoms with Crippen LogP contribution in [0, 0.1) is 0 Å². The highest BCUT2D eigenvalue weighted by Crippen LogP contribution is 2.24. The van der Waals surface area contributed by atoms with Crippen molar-refractivity contribution in [2.24, 2.45) is 15.2 Å². The third kappa shape index (κ3) is 1.50. The van der Waals surface area contributed by atoms with Crippen LogP contribution in [0.25, 0.3) is 0 Å². The zero-order valence-corrected chi connectivity index (χ0v) is 8.91. The van der Waals surface area contributed by atoms with E-state index < -0.39 is 0 Å². The molecule has 0 saturated heterocycles. The number of aliphatic imine (C=N–C) groups is 1. The van der Waals surface area contributed by atoms with Gasteiger partial charge in [-0.15, -0.1) is 21.6 Å². The van der Waals surface area contributed by atoms with Gasteiger partial charge < -0.3 is 0 Å². The van der Waals surface area contributed by atoms with Crippen LogP contribution in [0.15, 0.2) is 31.1 Å². The average Bonchev–Trinajstić information content (AvgIpc) is 2.58. The average molecular weight is 260 g/mol. The molecule has 1 aliphatic rings. The van der Waals surface area contributed by atoms with Crippen LogP contribution in [0.5, 0.6) is 0 Å². The van der Waals surface area contributed by atoms with Gasteiger partial charge in [0.1, 0.15) is 0 Å². The summed E-state index contributed by atoms with van der Waals surface area (Å²) >= 11 is 9.66. The summed E-state index contributed by atoms with van der Waals surface area (Å²) in [5.41, 5.74) is 0. The quantitative estimate of drug-likeness (QED) is 0.715. The third-order valence-corrected chi connectivity index (χ3v) is 3.02. The van der Waals surface area contributed by atoms with E-state index >= 15 is 0 Å². The van der Waals surface area contributed by atoms with Gasteiger partial charge in [-0.05, 0) is 40.3 Å². The number of hydrogen-bond donors (Lipinski definition) is 0. The molecule has 0 bridgehead atoms. The number of thiocarbonyl (C=S) groups is 1. The second-order valence-electron chi connectivity index (χ2n) is 2.02. The third-order valence-electron chi connectivity index (χ3n) is 1.23. The molecule has 3 nitrogen and oxygen atoms in total. The fourth-order valence-corrected chi connectivity index (χ4v) is 2.21. The number of hydrogen-bond acceptors (Lipinski definition) is 3. The molecule has 12 heavy (non-hydrogen) atoms. The summed E-state index contributed by atoms with van der Waals surface area (Å²) in [6.07, 6.45) is 0. The van der Waals surface area contributed by atoms with Gasteiger partial charge in [0.25, 0.3) is 0 Å². The van der Waals surface area contributed by atoms with E-state index in [0.29, 0.717) is 10.9 Å². The van der Waals surface area contributed by atoms with Gasteiger partial charge in [-0.2, -0.15) is 4.99 Å². The molecule has 0 aromatic carbocycles. The van der Waals surface area contributed by atoms with Crippen molar-refractivity contribution in [3.05, 3.63) is 20.8 Å². The second-order valence-corrected chi connectivity index (χ2v) is 4.85. The zero-order valence-electron chi connectivity index (χ0n) is 5.69. The van der Waals surface area contributed by atoms with E-state index in [1.54, 1.807) is 11.3 Å². The summed E-state index contributed by atoms with van der Waals surface area (Å²) in [6, 6.07) is 3.87. The maximum Gasteiger partial charge on any atom is 0.242 e. The molecule has 0 radical (unpaired) electrons. The molecule has 1 aromatic heterocycles. The Kier molecular flexibility index (Phi) is 2.12. The van der Waals surface area contributed by atoms with Gasteiger partial charge in [0.15, 0.2) is 5.84 Å². The molecule has 0 saturated carbocycles. The van der Waals surface area contributed by atoms with Crippen LogP contribution >= 0.6 is 39.5 Å². The van der Waals surface area contributed by atoms with Crippen molar-refractivity contribution in [3.63, 3.8) is 0 Å². The Morgan fingerprint density at radius 3 is 2.67 bits per heavy atom. The molecular formula is C6H2BrN3S2. The minimum atomic E-state index is 0.300. The van der Waals surface area contributed by atoms with Crippen LogP contribution in [0.2, 0.25) is 0 Å². The van der Waals surface area contributed by atoms with Gasteiger partial charge in [-0.3, -0.25) is 0 Å². The summed E-state index contributed by atoms with van der Waals surface area (Å²) in [7, 11) is 0. The molecule has 0 N–H and O–H groups in total. The molecule has 0 spiro atoms. The van der Waals surface area contributed by atoms with E-state index in [0.717, 1.165) is 8.66 Å². The van der Waals surface area contributed by atoms with E-state index in [4.69, 9.17) is 12.2 Å². The van der Waals surface area contributed by atoms with E-state index in [1.165, 1.54) is 0 Å². The van der Waals surface area contributed by atoms with E-state index in [1.807, 2.05) is 12.1 Å². The van der Waals surface area contributed by atoms with Gasteiger partial charge in [0, 0.05) is 0 Å². The molecule has 1 aromatic rings. The Morgan fingerprint density at radius 1 is 1.33 bits per heavy atom. The normalized spacial score (nSPS) is 15.4. The standard InChI is InChI=1S/C6H2BrN3S2/c7-4-2-1-3(12-4)5-8-6(11)10-9-5/h1-2H. The van der Waals surface area contributed by atoms with Crippen LogP contribution in [0.1, 0.15) is 4.88 Å². The highest BCUT2D eigenvalue weighted by molar-refractivity contribution is 9.11. The molecule has 1 aliphatic heterocycles. The Morgan fingerprint density at radius 2 is 2.17 bits per heavy atom. The Hall–Kier alpha value is -0.460. The van der Waals surface area contributed by atoms with Crippen molar-refractivity contribution in [1.29, 1.82) is 0 Å². The highest BCUT2D eigenvalue weighted by Gasteiger charge is 2.11. The molecule has 6 heteroatoms. The number of amidine groups is 1. The lowest BCUT2D eigenvalue weighted by atomic mass is 10.4. The zero-order chi connectivity index (χ0) is 8.55. The Labute approximate surface area is 86.4 Å². The van der Waals surface area contributed by atoms with Crippen LogP contribution < -0.4 is 0 Å². The minimum Gasteiger partial charge on any atom is -0.194 e. The molecule has 0 unspecified atom stereocenters. The predicted molar refractivity (Wildman–Crippen MR) is 56.0 cm³/mol. The van der Waals surface area contributed by atoms with Crippen LogP contribution in [-0.2, 0) is 0 Å². The van der Waals surface area contributed by atoms with Crippen molar-refractivity contribution in [1.82, 2.24) is 0 Å². The molecule has 2 rings (SSSR count). The minimum absolute atomic E-state index is 0.300. The van der Waals surface area contributed by atoms with Gasteiger partial charge in [-0.25, -0.2) is 0 Å². The highest BCUT2D eigenvalue weighted by atomic mass is 79.9. The second kappa shape index (κ2) is 3.12. The summed E-state index contributed by atoms with van der Waals surface area (Å²) in [5.74, 6) is 0.607. The van der Waals surface area contributed by atoms with Gasteiger partial charge in [0.05, 0.1) is 8.66 Å². The molecule has 0 aliphatic carbocycles. The summed E-state index contributed by atoms with van der Waals surface area (Å²) < 4.78 is 1.05. The number of azo groups is 1. The Bertz CT molecular complexity index is 393. The van der Waals surface area contributed by atoms with Crippen molar-refractivity contribution in [2.75, 3.05) is 0 Å². The first-order valence-electron chi connectivity index (χ1n) is 3.06. The van der Waals surface area contributed by atoms with Gasteiger partial charge in [-0.1, -0.05) is 0 Å². The number of nitrogens with zero attached hydrogens (tertiary/aromatic N) is 3. The van der Waals surface area contributed by atoms with Crippen molar-refractivity contribution >= 4 is 50.4 Å². The number of rotatable bonds is 1. The lowest BCUT2D eigenvalue weighted by Gasteiger charge is -1.84. The molecular weight excluding hydrogens is 258 g/mol. The van der Waals surface area contributed by atoms with Crippen molar-refractivity contribution < 1.29 is 0 Å². The predicted octanol–water partition coefficient (Wildman–Crippen LogP) is 3.01. The van der Waals surface area contributed by atoms with Crippen molar-refractivity contribution in [3.8, 4) is 0 Å². The summed E-state index contributed by atoms with van der Waals surface area (Å²) in [4.78, 5) is 4.95. The van der Waals surface area contributed by atoms with Gasteiger partial charge in [0.2, 0.25) is 5.11 Å². The summed E-state index contributed by atoms with van der Waals surface area (Å²) in [6.45, 7) is 0. The topological polar surface area (TPSA) is 37.1 Å². The SMILES string of the molecule is S=C1N=NC(c2ccc(Br)s2)=N1.